The molecular weight excluding hydrogens is 384 g/mol. The number of carbonyl (C=O) groups is 2. The van der Waals surface area contributed by atoms with Crippen LogP contribution in [0.5, 0.6) is 11.5 Å². The number of rotatable bonds is 8. The number of hydrogen-bond donors (Lipinski definition) is 2. The monoisotopic (exact) mass is 406 g/mol. The normalized spacial score (nSPS) is 10.2. The zero-order chi connectivity index (χ0) is 20.5. The molecule has 3 rings (SSSR count). The summed E-state index contributed by atoms with van der Waals surface area (Å²) in [5, 5.41) is 5.64. The molecule has 0 fully saturated rings. The Labute approximate surface area is 174 Å². The van der Waals surface area contributed by atoms with E-state index in [0.717, 1.165) is 17.0 Å². The van der Waals surface area contributed by atoms with E-state index >= 15 is 0 Å². The van der Waals surface area contributed by atoms with Gasteiger partial charge in [-0.25, -0.2) is 0 Å². The number of nitrogens with one attached hydrogen (secondary N) is 2. The lowest BCUT2D eigenvalue weighted by Crippen LogP contribution is -2.18. The van der Waals surface area contributed by atoms with Crippen molar-refractivity contribution < 1.29 is 14.3 Å². The van der Waals surface area contributed by atoms with Crippen LogP contribution in [-0.4, -0.2) is 23.3 Å². The van der Waals surface area contributed by atoms with Crippen molar-refractivity contribution in [3.8, 4) is 11.5 Å². The minimum atomic E-state index is -0.171. The summed E-state index contributed by atoms with van der Waals surface area (Å²) in [6.45, 7) is 1.99. The molecule has 0 atom stereocenters. The van der Waals surface area contributed by atoms with Gasteiger partial charge in [0.05, 0.1) is 11.5 Å². The van der Waals surface area contributed by atoms with Crippen LogP contribution in [-0.2, 0) is 9.59 Å². The van der Waals surface area contributed by atoms with E-state index in [1.165, 1.54) is 11.8 Å². The van der Waals surface area contributed by atoms with Crippen LogP contribution in [0.2, 0.25) is 0 Å². The van der Waals surface area contributed by atoms with E-state index in [4.69, 9.17) is 4.74 Å². The lowest BCUT2D eigenvalue weighted by Gasteiger charge is -2.09. The fourth-order valence-corrected chi connectivity index (χ4v) is 3.15. The first-order chi connectivity index (χ1) is 14.1. The summed E-state index contributed by atoms with van der Waals surface area (Å²) in [6.07, 6.45) is 0. The Morgan fingerprint density at radius 1 is 0.759 bits per heavy atom. The highest BCUT2D eigenvalue weighted by Gasteiger charge is 2.07. The van der Waals surface area contributed by atoms with Gasteiger partial charge in [-0.1, -0.05) is 42.0 Å². The van der Waals surface area contributed by atoms with Crippen molar-refractivity contribution in [3.05, 3.63) is 84.4 Å². The van der Waals surface area contributed by atoms with Crippen molar-refractivity contribution in [3.63, 3.8) is 0 Å². The number of carbonyl (C=O) groups excluding carboxylic acids is 2. The third-order valence-corrected chi connectivity index (χ3v) is 4.83. The van der Waals surface area contributed by atoms with Gasteiger partial charge in [0, 0.05) is 17.4 Å². The van der Waals surface area contributed by atoms with Gasteiger partial charge in [-0.05, 0) is 43.3 Å². The molecule has 0 saturated heterocycles. The van der Waals surface area contributed by atoms with Crippen LogP contribution in [0.4, 0.5) is 11.4 Å². The lowest BCUT2D eigenvalue weighted by atomic mass is 10.2. The molecule has 2 N–H and O–H groups in total. The van der Waals surface area contributed by atoms with Gasteiger partial charge in [-0.15, -0.1) is 11.8 Å². The molecule has 0 radical (unpaired) electrons. The van der Waals surface area contributed by atoms with Crippen molar-refractivity contribution >= 4 is 35.0 Å². The van der Waals surface area contributed by atoms with Crippen LogP contribution < -0.4 is 15.4 Å². The van der Waals surface area contributed by atoms with E-state index in [1.54, 1.807) is 12.1 Å². The van der Waals surface area contributed by atoms with Gasteiger partial charge in [0.25, 0.3) is 0 Å². The zero-order valence-corrected chi connectivity index (χ0v) is 16.9. The molecule has 0 bridgehead atoms. The second kappa shape index (κ2) is 10.3. The number of anilines is 2. The summed E-state index contributed by atoms with van der Waals surface area (Å²) in [5.41, 5.74) is 2.53. The maximum absolute atomic E-state index is 12.2. The summed E-state index contributed by atoms with van der Waals surface area (Å²) in [6, 6.07) is 24.2. The number of thioether (sulfide) groups is 1. The first kappa shape index (κ1) is 20.5. The minimum absolute atomic E-state index is 0.134. The smallest absolute Gasteiger partial charge is 0.234 e. The molecule has 148 valence electrons. The molecule has 3 aromatic carbocycles. The molecule has 0 saturated carbocycles. The molecule has 0 aromatic heterocycles. The zero-order valence-electron chi connectivity index (χ0n) is 16.1. The lowest BCUT2D eigenvalue weighted by molar-refractivity contribution is -0.114. The Morgan fingerprint density at radius 3 is 2.07 bits per heavy atom. The van der Waals surface area contributed by atoms with E-state index in [0.29, 0.717) is 11.4 Å². The van der Waals surface area contributed by atoms with Crippen molar-refractivity contribution in [2.45, 2.75) is 6.92 Å². The first-order valence-corrected chi connectivity index (χ1v) is 10.3. The Balaban J connectivity index is 1.43. The molecule has 0 aliphatic rings. The van der Waals surface area contributed by atoms with Gasteiger partial charge in [-0.3, -0.25) is 9.59 Å². The highest BCUT2D eigenvalue weighted by atomic mass is 32.2. The van der Waals surface area contributed by atoms with Gasteiger partial charge in [0.15, 0.2) is 0 Å². The van der Waals surface area contributed by atoms with Crippen molar-refractivity contribution in [2.24, 2.45) is 0 Å². The maximum atomic E-state index is 12.2. The average molecular weight is 407 g/mol. The highest BCUT2D eigenvalue weighted by Crippen LogP contribution is 2.24. The van der Waals surface area contributed by atoms with Crippen LogP contribution >= 0.6 is 11.8 Å². The summed E-state index contributed by atoms with van der Waals surface area (Å²) in [7, 11) is 0. The van der Waals surface area contributed by atoms with Crippen molar-refractivity contribution in [2.75, 3.05) is 22.1 Å². The Morgan fingerprint density at radius 2 is 1.38 bits per heavy atom. The molecule has 0 aliphatic carbocycles. The molecule has 0 aliphatic heterocycles. The van der Waals surface area contributed by atoms with Gasteiger partial charge in [0.1, 0.15) is 11.5 Å². The molecular formula is C23H22N2O3S. The van der Waals surface area contributed by atoms with Crippen LogP contribution in [0, 0.1) is 6.92 Å². The van der Waals surface area contributed by atoms with E-state index < -0.39 is 0 Å². The third kappa shape index (κ3) is 7.01. The maximum Gasteiger partial charge on any atom is 0.234 e. The average Bonchev–Trinajstić information content (AvgIpc) is 2.71. The SMILES string of the molecule is Cc1ccc(NC(=O)CSCC(=O)Nc2cccc(Oc3ccccc3)c2)cc1. The van der Waals surface area contributed by atoms with E-state index in [9.17, 15) is 9.59 Å². The number of benzene rings is 3. The number of aryl methyl sites for hydroxylation is 1. The molecule has 0 heterocycles. The number of hydrogen-bond acceptors (Lipinski definition) is 4. The summed E-state index contributed by atoms with van der Waals surface area (Å²) in [4.78, 5) is 24.1. The molecule has 0 spiro atoms. The van der Waals surface area contributed by atoms with Gasteiger partial charge in [-0.2, -0.15) is 0 Å². The fourth-order valence-electron chi connectivity index (χ4n) is 2.53. The van der Waals surface area contributed by atoms with Crippen molar-refractivity contribution in [1.82, 2.24) is 0 Å². The largest absolute Gasteiger partial charge is 0.457 e. The quantitative estimate of drug-likeness (QED) is 0.546. The third-order valence-electron chi connectivity index (χ3n) is 3.90. The highest BCUT2D eigenvalue weighted by molar-refractivity contribution is 8.00. The van der Waals surface area contributed by atoms with Crippen LogP contribution in [0.15, 0.2) is 78.9 Å². The van der Waals surface area contributed by atoms with Crippen LogP contribution in [0.1, 0.15) is 5.56 Å². The minimum Gasteiger partial charge on any atom is -0.457 e. The number of para-hydroxylation sites is 1. The molecule has 29 heavy (non-hydrogen) atoms. The molecule has 3 aromatic rings. The predicted molar refractivity (Wildman–Crippen MR) is 119 cm³/mol. The molecule has 5 nitrogen and oxygen atoms in total. The fraction of sp³-hybridized carbons (Fsp3) is 0.130. The Kier molecular flexibility index (Phi) is 7.30. The second-order valence-corrected chi connectivity index (χ2v) is 7.38. The topological polar surface area (TPSA) is 67.4 Å². The van der Waals surface area contributed by atoms with Crippen LogP contribution in [0.3, 0.4) is 0 Å². The molecule has 6 heteroatoms. The predicted octanol–water partition coefficient (Wildman–Crippen LogP) is 5.10. The number of amides is 2. The van der Waals surface area contributed by atoms with Crippen LogP contribution in [0.25, 0.3) is 0 Å². The number of ether oxygens (including phenoxy) is 1. The van der Waals surface area contributed by atoms with E-state index in [2.05, 4.69) is 10.6 Å². The van der Waals surface area contributed by atoms with Crippen molar-refractivity contribution in [1.29, 1.82) is 0 Å². The van der Waals surface area contributed by atoms with Gasteiger partial charge in [0.2, 0.25) is 11.8 Å². The summed E-state index contributed by atoms with van der Waals surface area (Å²) >= 11 is 1.26. The molecule has 0 unspecified atom stereocenters. The van der Waals surface area contributed by atoms with Gasteiger partial charge >= 0.3 is 0 Å². The van der Waals surface area contributed by atoms with E-state index in [1.807, 2.05) is 73.7 Å². The Hall–Kier alpha value is -3.25. The van der Waals surface area contributed by atoms with E-state index in [-0.39, 0.29) is 23.3 Å². The first-order valence-electron chi connectivity index (χ1n) is 9.15. The summed E-state index contributed by atoms with van der Waals surface area (Å²) < 4.78 is 5.77. The summed E-state index contributed by atoms with van der Waals surface area (Å²) in [5.74, 6) is 1.45. The molecule has 2 amide bonds. The Bertz CT molecular complexity index is 959. The standard InChI is InChI=1S/C23H22N2O3S/c1-17-10-12-18(13-11-17)24-22(26)15-29-16-23(27)25-19-6-5-9-21(14-19)28-20-7-3-2-4-8-20/h2-14H,15-16H2,1H3,(H,24,26)(H,25,27). The second-order valence-electron chi connectivity index (χ2n) is 6.40. The van der Waals surface area contributed by atoms with Gasteiger partial charge < -0.3 is 15.4 Å².